The SMILES string of the molecule is COC(=O)[C@]1(C)N[C@@H](c2ccc(OC)cc2)[C@H]2C(=O)N(c3ccccc3)C(=O)[C@@H]21. The van der Waals surface area contributed by atoms with Crippen molar-refractivity contribution in [3.63, 3.8) is 0 Å². The molecule has 7 nitrogen and oxygen atoms in total. The van der Waals surface area contributed by atoms with Crippen LogP contribution in [0.2, 0.25) is 0 Å². The lowest BCUT2D eigenvalue weighted by Crippen LogP contribution is -2.54. The van der Waals surface area contributed by atoms with Crippen molar-refractivity contribution in [1.29, 1.82) is 0 Å². The first-order valence-electron chi connectivity index (χ1n) is 9.35. The minimum Gasteiger partial charge on any atom is -0.497 e. The minimum absolute atomic E-state index is 0.327. The topological polar surface area (TPSA) is 84.9 Å². The summed E-state index contributed by atoms with van der Waals surface area (Å²) in [5.41, 5.74) is -0.0256. The van der Waals surface area contributed by atoms with Gasteiger partial charge in [-0.3, -0.25) is 19.7 Å². The lowest BCUT2D eigenvalue weighted by Gasteiger charge is -2.28. The third-order valence-electron chi connectivity index (χ3n) is 5.89. The number of anilines is 1. The van der Waals surface area contributed by atoms with E-state index in [1.54, 1.807) is 50.4 Å². The van der Waals surface area contributed by atoms with E-state index >= 15 is 0 Å². The van der Waals surface area contributed by atoms with Crippen LogP contribution >= 0.6 is 0 Å². The predicted octanol–water partition coefficient (Wildman–Crippen LogP) is 2.08. The Morgan fingerprint density at radius 3 is 2.24 bits per heavy atom. The number of carbonyl (C=O) groups excluding carboxylic acids is 3. The Labute approximate surface area is 168 Å². The van der Waals surface area contributed by atoms with E-state index in [-0.39, 0.29) is 5.91 Å². The number of carbonyl (C=O) groups is 3. The maximum Gasteiger partial charge on any atom is 0.326 e. The Hall–Kier alpha value is -3.19. The molecule has 0 aromatic heterocycles. The number of hydrogen-bond acceptors (Lipinski definition) is 6. The number of amides is 2. The zero-order valence-electron chi connectivity index (χ0n) is 16.4. The molecular formula is C22H22N2O5. The Balaban J connectivity index is 1.80. The third-order valence-corrected chi connectivity index (χ3v) is 5.89. The highest BCUT2D eigenvalue weighted by atomic mass is 16.5. The molecule has 1 N–H and O–H groups in total. The number of ether oxygens (including phenoxy) is 2. The summed E-state index contributed by atoms with van der Waals surface area (Å²) in [6.07, 6.45) is 0. The van der Waals surface area contributed by atoms with Gasteiger partial charge < -0.3 is 9.47 Å². The lowest BCUT2D eigenvalue weighted by atomic mass is 9.80. The van der Waals surface area contributed by atoms with Crippen molar-refractivity contribution in [2.75, 3.05) is 19.1 Å². The van der Waals surface area contributed by atoms with Crippen molar-refractivity contribution in [2.24, 2.45) is 11.8 Å². The van der Waals surface area contributed by atoms with Gasteiger partial charge in [0.05, 0.1) is 31.7 Å². The molecular weight excluding hydrogens is 372 g/mol. The Morgan fingerprint density at radius 1 is 1.00 bits per heavy atom. The molecule has 0 aliphatic carbocycles. The Bertz CT molecular complexity index is 959. The van der Waals surface area contributed by atoms with Crippen LogP contribution in [-0.4, -0.2) is 37.5 Å². The molecule has 0 spiro atoms. The van der Waals surface area contributed by atoms with Crippen LogP contribution in [0.1, 0.15) is 18.5 Å². The number of benzene rings is 2. The number of hydrogen-bond donors (Lipinski definition) is 1. The van der Waals surface area contributed by atoms with Gasteiger partial charge >= 0.3 is 5.97 Å². The molecule has 0 unspecified atom stereocenters. The van der Waals surface area contributed by atoms with Crippen LogP contribution in [0.4, 0.5) is 5.69 Å². The third kappa shape index (κ3) is 2.81. The van der Waals surface area contributed by atoms with E-state index < -0.39 is 35.3 Å². The number of rotatable bonds is 4. The molecule has 2 aromatic rings. The summed E-state index contributed by atoms with van der Waals surface area (Å²) < 4.78 is 10.2. The molecule has 2 amide bonds. The minimum atomic E-state index is -1.32. The summed E-state index contributed by atoms with van der Waals surface area (Å²) >= 11 is 0. The molecule has 2 aliphatic heterocycles. The fraction of sp³-hybridized carbons (Fsp3) is 0.318. The van der Waals surface area contributed by atoms with Crippen LogP contribution in [-0.2, 0) is 19.1 Å². The second-order valence-corrected chi connectivity index (χ2v) is 7.44. The number of para-hydroxylation sites is 1. The van der Waals surface area contributed by atoms with Gasteiger partial charge in [-0.2, -0.15) is 0 Å². The van der Waals surface area contributed by atoms with Crippen molar-refractivity contribution in [2.45, 2.75) is 18.5 Å². The highest BCUT2D eigenvalue weighted by molar-refractivity contribution is 6.24. The van der Waals surface area contributed by atoms with Crippen LogP contribution in [0.15, 0.2) is 54.6 Å². The lowest BCUT2D eigenvalue weighted by molar-refractivity contribution is -0.151. The molecule has 29 heavy (non-hydrogen) atoms. The van der Waals surface area contributed by atoms with Crippen LogP contribution in [0, 0.1) is 11.8 Å². The van der Waals surface area contributed by atoms with Gasteiger partial charge in [-0.15, -0.1) is 0 Å². The van der Waals surface area contributed by atoms with Gasteiger partial charge in [0.1, 0.15) is 11.3 Å². The molecule has 0 radical (unpaired) electrons. The van der Waals surface area contributed by atoms with E-state index in [4.69, 9.17) is 9.47 Å². The zero-order chi connectivity index (χ0) is 20.8. The maximum absolute atomic E-state index is 13.4. The normalized spacial score (nSPS) is 28.4. The fourth-order valence-corrected chi connectivity index (χ4v) is 4.47. The summed E-state index contributed by atoms with van der Waals surface area (Å²) in [7, 11) is 2.85. The van der Waals surface area contributed by atoms with Crippen LogP contribution in [0.3, 0.4) is 0 Å². The molecule has 2 aliphatic rings. The molecule has 150 valence electrons. The van der Waals surface area contributed by atoms with Crippen LogP contribution in [0.25, 0.3) is 0 Å². The van der Waals surface area contributed by atoms with E-state index in [2.05, 4.69) is 5.32 Å². The van der Waals surface area contributed by atoms with E-state index in [1.165, 1.54) is 12.0 Å². The van der Waals surface area contributed by atoms with Gasteiger partial charge in [0, 0.05) is 6.04 Å². The highest BCUT2D eigenvalue weighted by Crippen LogP contribution is 2.50. The molecule has 4 rings (SSSR count). The molecule has 0 saturated carbocycles. The van der Waals surface area contributed by atoms with Crippen molar-refractivity contribution in [3.8, 4) is 5.75 Å². The van der Waals surface area contributed by atoms with E-state index in [0.29, 0.717) is 11.4 Å². The molecule has 4 atom stereocenters. The van der Waals surface area contributed by atoms with Crippen LogP contribution in [0.5, 0.6) is 5.75 Å². The van der Waals surface area contributed by atoms with Gasteiger partial charge in [0.2, 0.25) is 11.8 Å². The van der Waals surface area contributed by atoms with Gasteiger partial charge in [-0.1, -0.05) is 30.3 Å². The van der Waals surface area contributed by atoms with E-state index in [9.17, 15) is 14.4 Å². The first kappa shape index (κ1) is 19.1. The quantitative estimate of drug-likeness (QED) is 0.631. The number of methoxy groups -OCH3 is 2. The van der Waals surface area contributed by atoms with Crippen molar-refractivity contribution in [3.05, 3.63) is 60.2 Å². The average molecular weight is 394 g/mol. The summed E-state index contributed by atoms with van der Waals surface area (Å²) in [6, 6.07) is 15.5. The van der Waals surface area contributed by atoms with Gasteiger partial charge in [-0.25, -0.2) is 4.90 Å². The molecule has 7 heteroatoms. The molecule has 0 bridgehead atoms. The monoisotopic (exact) mass is 394 g/mol. The van der Waals surface area contributed by atoms with E-state index in [0.717, 1.165) is 5.56 Å². The summed E-state index contributed by atoms with van der Waals surface area (Å²) in [5.74, 6) is -2.21. The number of nitrogens with zero attached hydrogens (tertiary/aromatic N) is 1. The molecule has 2 heterocycles. The predicted molar refractivity (Wildman–Crippen MR) is 105 cm³/mol. The number of imide groups is 1. The number of fused-ring (bicyclic) bond motifs is 1. The van der Waals surface area contributed by atoms with E-state index in [1.807, 2.05) is 18.2 Å². The second kappa shape index (κ2) is 7.00. The maximum atomic E-state index is 13.4. The average Bonchev–Trinajstić information content (AvgIpc) is 3.22. The number of nitrogens with one attached hydrogen (secondary N) is 1. The van der Waals surface area contributed by atoms with Crippen molar-refractivity contribution >= 4 is 23.5 Å². The summed E-state index contributed by atoms with van der Waals surface area (Å²) in [6.45, 7) is 1.62. The zero-order valence-corrected chi connectivity index (χ0v) is 16.4. The smallest absolute Gasteiger partial charge is 0.326 e. The van der Waals surface area contributed by atoms with Crippen molar-refractivity contribution in [1.82, 2.24) is 5.32 Å². The molecule has 2 aromatic carbocycles. The standard InChI is InChI=1S/C22H22N2O5/c1-22(21(27)29-3)17-16(18(23-22)13-9-11-15(28-2)12-10-13)19(25)24(20(17)26)14-7-5-4-6-8-14/h4-12,16-18,23H,1-3H3/t16-,17+,18-,22+/m0/s1. The van der Waals surface area contributed by atoms with Crippen LogP contribution < -0.4 is 15.0 Å². The second-order valence-electron chi connectivity index (χ2n) is 7.44. The van der Waals surface area contributed by atoms with Gasteiger partial charge in [0.25, 0.3) is 0 Å². The Kier molecular flexibility index (Phi) is 4.62. The van der Waals surface area contributed by atoms with Crippen molar-refractivity contribution < 1.29 is 23.9 Å². The number of esters is 1. The van der Waals surface area contributed by atoms with Gasteiger partial charge in [0.15, 0.2) is 0 Å². The molecule has 2 fully saturated rings. The summed E-state index contributed by atoms with van der Waals surface area (Å²) in [5, 5.41) is 3.22. The largest absolute Gasteiger partial charge is 0.497 e. The fourth-order valence-electron chi connectivity index (χ4n) is 4.47. The molecule has 2 saturated heterocycles. The summed E-state index contributed by atoms with van der Waals surface area (Å²) in [4.78, 5) is 40.6. The first-order chi connectivity index (χ1) is 13.9. The Morgan fingerprint density at radius 2 is 1.66 bits per heavy atom. The highest BCUT2D eigenvalue weighted by Gasteiger charge is 2.67. The first-order valence-corrected chi connectivity index (χ1v) is 9.35. The van der Waals surface area contributed by atoms with Gasteiger partial charge in [-0.05, 0) is 36.8 Å².